The molecule has 218 valence electrons. The van der Waals surface area contributed by atoms with Crippen LogP contribution < -0.4 is 0 Å². The number of nitrogens with zero attached hydrogens (tertiary/aromatic N) is 2. The lowest BCUT2D eigenvalue weighted by Crippen LogP contribution is -2.53. The first-order valence-electron chi connectivity index (χ1n) is 15.3. The number of β-amino-alcohol motifs (C(OH)–C–C–N with tert-alkyl or cyclic N) is 1. The molecule has 5 aromatic rings. The van der Waals surface area contributed by atoms with Gasteiger partial charge in [-0.3, -0.25) is 9.80 Å². The molecule has 43 heavy (non-hydrogen) atoms. The normalized spacial score (nSPS) is 15.9. The van der Waals surface area contributed by atoms with Crippen LogP contribution in [-0.2, 0) is 11.3 Å². The Bertz CT molecular complexity index is 1410. The number of hydrogen-bond donors (Lipinski definition) is 1. The summed E-state index contributed by atoms with van der Waals surface area (Å²) in [7, 11) is 0. The minimum absolute atomic E-state index is 0.167. The number of ether oxygens (including phenoxy) is 1. The topological polar surface area (TPSA) is 35.9 Å². The Morgan fingerprint density at radius 1 is 0.488 bits per heavy atom. The molecule has 0 aliphatic carbocycles. The van der Waals surface area contributed by atoms with E-state index in [-0.39, 0.29) is 12.1 Å². The van der Waals surface area contributed by atoms with Gasteiger partial charge >= 0.3 is 0 Å². The van der Waals surface area contributed by atoms with E-state index in [9.17, 15) is 5.11 Å². The van der Waals surface area contributed by atoms with Crippen molar-refractivity contribution in [2.24, 2.45) is 0 Å². The first kappa shape index (κ1) is 29.0. The van der Waals surface area contributed by atoms with Crippen LogP contribution in [-0.4, -0.2) is 53.3 Å². The van der Waals surface area contributed by atoms with Crippen LogP contribution >= 0.6 is 0 Å². The maximum absolute atomic E-state index is 9.52. The van der Waals surface area contributed by atoms with Crippen molar-refractivity contribution >= 4 is 0 Å². The Morgan fingerprint density at radius 3 is 1.16 bits per heavy atom. The summed E-state index contributed by atoms with van der Waals surface area (Å²) in [6.45, 7) is 4.16. The zero-order valence-electron chi connectivity index (χ0n) is 24.5. The molecule has 2 saturated heterocycles. The molecule has 2 heterocycles. The fourth-order valence-corrected chi connectivity index (χ4v) is 6.04. The van der Waals surface area contributed by atoms with Crippen molar-refractivity contribution in [1.82, 2.24) is 9.80 Å². The van der Waals surface area contributed by atoms with Gasteiger partial charge in [0.25, 0.3) is 0 Å². The van der Waals surface area contributed by atoms with E-state index in [4.69, 9.17) is 4.74 Å². The summed E-state index contributed by atoms with van der Waals surface area (Å²) in [5, 5.41) is 9.52. The van der Waals surface area contributed by atoms with Crippen molar-refractivity contribution in [2.45, 2.75) is 30.9 Å². The molecule has 0 aromatic heterocycles. The van der Waals surface area contributed by atoms with Gasteiger partial charge in [-0.05, 0) is 27.8 Å². The average Bonchev–Trinajstić information content (AvgIpc) is 3.04. The van der Waals surface area contributed by atoms with E-state index in [2.05, 4.69) is 143 Å². The van der Waals surface area contributed by atoms with E-state index in [1.54, 1.807) is 0 Å². The van der Waals surface area contributed by atoms with Crippen molar-refractivity contribution in [3.05, 3.63) is 179 Å². The van der Waals surface area contributed by atoms with Gasteiger partial charge in [-0.25, -0.2) is 0 Å². The van der Waals surface area contributed by atoms with Crippen molar-refractivity contribution < 1.29 is 9.84 Å². The molecule has 7 rings (SSSR count). The van der Waals surface area contributed by atoms with Gasteiger partial charge in [0.1, 0.15) is 0 Å². The molecule has 0 spiro atoms. The van der Waals surface area contributed by atoms with Crippen LogP contribution in [0.5, 0.6) is 0 Å². The van der Waals surface area contributed by atoms with Gasteiger partial charge in [-0.1, -0.05) is 152 Å². The lowest BCUT2D eigenvalue weighted by atomic mass is 9.94. The van der Waals surface area contributed by atoms with Crippen LogP contribution in [0.25, 0.3) is 0 Å². The molecule has 0 atom stereocenters. The molecule has 4 heteroatoms. The summed E-state index contributed by atoms with van der Waals surface area (Å²) in [6, 6.07) is 53.5. The number of benzene rings is 5. The molecule has 0 unspecified atom stereocenters. The molecule has 0 bridgehead atoms. The van der Waals surface area contributed by atoms with Crippen LogP contribution in [0, 0.1) is 0 Å². The standard InChI is InChI=1S/C23H23NO.C16H17NO/c1-4-10-19(11-5-1)18-25-22-16-24(17-22)23(20-12-6-2-7-13-20)21-14-8-3-9-15-21;18-15-11-17(12-15)16(13-7-3-1-4-8-13)14-9-5-2-6-10-14/h1-15,22-23H,16-18H2;1-10,15-16,18H,11-12H2. The third-order valence-electron chi connectivity index (χ3n) is 8.29. The summed E-state index contributed by atoms with van der Waals surface area (Å²) in [6.07, 6.45) is 0.148. The molecule has 0 saturated carbocycles. The second-order valence-corrected chi connectivity index (χ2v) is 11.4. The Morgan fingerprint density at radius 2 is 0.814 bits per heavy atom. The third kappa shape index (κ3) is 7.48. The Labute approximate surface area is 255 Å². The van der Waals surface area contributed by atoms with E-state index < -0.39 is 0 Å². The molecule has 2 aliphatic heterocycles. The average molecular weight is 569 g/mol. The fourth-order valence-electron chi connectivity index (χ4n) is 6.04. The molecule has 5 aromatic carbocycles. The Hall–Kier alpha value is -4.06. The quantitative estimate of drug-likeness (QED) is 0.205. The zero-order valence-corrected chi connectivity index (χ0v) is 24.5. The van der Waals surface area contributed by atoms with Crippen molar-refractivity contribution in [3.63, 3.8) is 0 Å². The Kier molecular flexibility index (Phi) is 9.73. The maximum Gasteiger partial charge on any atom is 0.0833 e. The van der Waals surface area contributed by atoms with Crippen LogP contribution in [0.3, 0.4) is 0 Å². The molecule has 2 aliphatic rings. The lowest BCUT2D eigenvalue weighted by molar-refractivity contribution is -0.0740. The third-order valence-corrected chi connectivity index (χ3v) is 8.29. The summed E-state index contributed by atoms with van der Waals surface area (Å²) in [5.41, 5.74) is 6.50. The second-order valence-electron chi connectivity index (χ2n) is 11.4. The molecule has 0 radical (unpaired) electrons. The lowest BCUT2D eigenvalue weighted by Gasteiger charge is -2.44. The van der Waals surface area contributed by atoms with Gasteiger partial charge in [0.2, 0.25) is 0 Å². The monoisotopic (exact) mass is 568 g/mol. The molecular weight excluding hydrogens is 528 g/mol. The Balaban J connectivity index is 0.000000162. The maximum atomic E-state index is 9.52. The first-order valence-corrected chi connectivity index (χ1v) is 15.3. The minimum atomic E-state index is -0.167. The van der Waals surface area contributed by atoms with Crippen LogP contribution in [0.15, 0.2) is 152 Å². The van der Waals surface area contributed by atoms with Crippen LogP contribution in [0.4, 0.5) is 0 Å². The highest BCUT2D eigenvalue weighted by Gasteiger charge is 2.35. The van der Waals surface area contributed by atoms with E-state index in [0.29, 0.717) is 18.8 Å². The van der Waals surface area contributed by atoms with Crippen molar-refractivity contribution in [3.8, 4) is 0 Å². The van der Waals surface area contributed by atoms with Crippen molar-refractivity contribution in [2.75, 3.05) is 26.2 Å². The highest BCUT2D eigenvalue weighted by molar-refractivity contribution is 5.33. The molecule has 4 nitrogen and oxygen atoms in total. The first-order chi connectivity index (χ1) is 21.2. The predicted octanol–water partition coefficient (Wildman–Crippen LogP) is 7.13. The summed E-state index contributed by atoms with van der Waals surface area (Å²) >= 11 is 0. The number of aliphatic hydroxyl groups excluding tert-OH is 1. The minimum Gasteiger partial charge on any atom is -0.390 e. The van der Waals surface area contributed by atoms with Crippen LogP contribution in [0.2, 0.25) is 0 Å². The largest absolute Gasteiger partial charge is 0.390 e. The molecular formula is C39H40N2O2. The summed E-state index contributed by atoms with van der Waals surface area (Å²) in [4.78, 5) is 4.82. The summed E-state index contributed by atoms with van der Waals surface area (Å²) in [5.74, 6) is 0. The second kappa shape index (κ2) is 14.4. The highest BCUT2D eigenvalue weighted by atomic mass is 16.5. The SMILES string of the molecule is OC1CN(C(c2ccccc2)c2ccccc2)C1.c1ccc(COC2CN(C(c3ccccc3)c3ccccc3)C2)cc1. The zero-order chi connectivity index (χ0) is 29.3. The van der Waals surface area contributed by atoms with Gasteiger partial charge in [-0.2, -0.15) is 0 Å². The number of likely N-dealkylation sites (tertiary alicyclic amines) is 2. The van der Waals surface area contributed by atoms with Crippen molar-refractivity contribution in [1.29, 1.82) is 0 Å². The van der Waals surface area contributed by atoms with Crippen LogP contribution in [0.1, 0.15) is 39.9 Å². The number of rotatable bonds is 9. The molecule has 1 N–H and O–H groups in total. The van der Waals surface area contributed by atoms with E-state index in [0.717, 1.165) is 26.2 Å². The number of aliphatic hydroxyl groups is 1. The van der Waals surface area contributed by atoms with Gasteiger partial charge in [-0.15, -0.1) is 0 Å². The fraction of sp³-hybridized carbons (Fsp3) is 0.231. The van der Waals surface area contributed by atoms with Gasteiger partial charge in [0.15, 0.2) is 0 Å². The molecule has 2 fully saturated rings. The van der Waals surface area contributed by atoms with E-state index in [1.807, 2.05) is 18.2 Å². The summed E-state index contributed by atoms with van der Waals surface area (Å²) < 4.78 is 6.07. The number of hydrogen-bond acceptors (Lipinski definition) is 4. The predicted molar refractivity (Wildman–Crippen MR) is 174 cm³/mol. The van der Waals surface area contributed by atoms with E-state index in [1.165, 1.54) is 27.8 Å². The van der Waals surface area contributed by atoms with E-state index >= 15 is 0 Å². The van der Waals surface area contributed by atoms with Gasteiger partial charge in [0, 0.05) is 26.2 Å². The van der Waals surface area contributed by atoms with Gasteiger partial charge in [0.05, 0.1) is 30.9 Å². The van der Waals surface area contributed by atoms with Gasteiger partial charge < -0.3 is 9.84 Å². The highest BCUT2D eigenvalue weighted by Crippen LogP contribution is 2.34. The molecule has 0 amide bonds. The smallest absolute Gasteiger partial charge is 0.0833 e.